The number of hydrogen-bond acceptors (Lipinski definition) is 5. The lowest BCUT2D eigenvalue weighted by Crippen LogP contribution is -2.55. The van der Waals surface area contributed by atoms with E-state index in [-0.39, 0.29) is 18.0 Å². The molecule has 8 nitrogen and oxygen atoms in total. The largest absolute Gasteiger partial charge is 0.386 e. The second-order valence-corrected chi connectivity index (χ2v) is 8.34. The molecule has 0 radical (unpaired) electrons. The first-order valence-electron chi connectivity index (χ1n) is 10.6. The van der Waals surface area contributed by atoms with Crippen LogP contribution in [-0.4, -0.2) is 52.3 Å². The Morgan fingerprint density at radius 1 is 1.24 bits per heavy atom. The van der Waals surface area contributed by atoms with Crippen molar-refractivity contribution in [1.29, 1.82) is 0 Å². The number of carbonyl (C=O) groups excluding carboxylic acids is 2. The molecular formula is C21H29N5O3. The molecule has 2 fully saturated rings. The molecule has 3 aliphatic rings. The van der Waals surface area contributed by atoms with Gasteiger partial charge in [0, 0.05) is 37.9 Å². The molecule has 3 amide bonds. The van der Waals surface area contributed by atoms with Gasteiger partial charge < -0.3 is 20.4 Å². The molecule has 4 rings (SSSR count). The summed E-state index contributed by atoms with van der Waals surface area (Å²) in [5.74, 6) is -0.227. The van der Waals surface area contributed by atoms with E-state index < -0.39 is 5.60 Å². The zero-order valence-electron chi connectivity index (χ0n) is 16.7. The number of pyridine rings is 1. The fraction of sp³-hybridized carbons (Fsp3) is 0.619. The van der Waals surface area contributed by atoms with Crippen LogP contribution in [0.25, 0.3) is 0 Å². The SMILES string of the molecule is O=C(NCc1cccnc1)C1=NO[C@]2(CCCN(C(=O)NC3CCCCC3)C2)C1. The van der Waals surface area contributed by atoms with Crippen molar-refractivity contribution in [3.8, 4) is 0 Å². The average molecular weight is 399 g/mol. The minimum absolute atomic E-state index is 0.0194. The van der Waals surface area contributed by atoms with E-state index in [4.69, 9.17) is 4.84 Å². The Hall–Kier alpha value is -2.64. The Kier molecular flexibility index (Phi) is 5.97. The normalized spacial score (nSPS) is 24.7. The number of aromatic nitrogens is 1. The summed E-state index contributed by atoms with van der Waals surface area (Å²) < 4.78 is 0. The molecule has 8 heteroatoms. The molecule has 0 unspecified atom stereocenters. The van der Waals surface area contributed by atoms with Gasteiger partial charge in [-0.25, -0.2) is 4.79 Å². The van der Waals surface area contributed by atoms with Crippen molar-refractivity contribution in [1.82, 2.24) is 20.5 Å². The van der Waals surface area contributed by atoms with E-state index in [0.717, 1.165) is 31.2 Å². The van der Waals surface area contributed by atoms with Crippen LogP contribution in [-0.2, 0) is 16.2 Å². The van der Waals surface area contributed by atoms with Gasteiger partial charge in [-0.05, 0) is 37.3 Å². The number of likely N-dealkylation sites (tertiary alicyclic amines) is 1. The van der Waals surface area contributed by atoms with Gasteiger partial charge in [0.1, 0.15) is 5.71 Å². The second-order valence-electron chi connectivity index (χ2n) is 8.34. The molecule has 1 aliphatic carbocycles. The number of piperidine rings is 1. The van der Waals surface area contributed by atoms with E-state index in [2.05, 4.69) is 20.8 Å². The van der Waals surface area contributed by atoms with E-state index in [0.29, 0.717) is 31.8 Å². The summed E-state index contributed by atoms with van der Waals surface area (Å²) in [6.07, 6.45) is 11.2. The fourth-order valence-electron chi connectivity index (χ4n) is 4.43. The lowest BCUT2D eigenvalue weighted by molar-refractivity contribution is -0.115. The Bertz CT molecular complexity index is 763. The van der Waals surface area contributed by atoms with Crippen LogP contribution in [0, 0.1) is 0 Å². The molecule has 2 aliphatic heterocycles. The van der Waals surface area contributed by atoms with Crippen molar-refractivity contribution < 1.29 is 14.4 Å². The van der Waals surface area contributed by atoms with E-state index in [1.807, 2.05) is 17.0 Å². The second kappa shape index (κ2) is 8.80. The lowest BCUT2D eigenvalue weighted by atomic mass is 9.88. The minimum atomic E-state index is -0.580. The Balaban J connectivity index is 1.29. The third kappa shape index (κ3) is 4.86. The monoisotopic (exact) mass is 399 g/mol. The molecule has 3 heterocycles. The third-order valence-corrected chi connectivity index (χ3v) is 6.04. The van der Waals surface area contributed by atoms with Gasteiger partial charge in [0.15, 0.2) is 5.60 Å². The molecular weight excluding hydrogens is 370 g/mol. The topological polar surface area (TPSA) is 95.9 Å². The Morgan fingerprint density at radius 3 is 2.90 bits per heavy atom. The first-order valence-corrected chi connectivity index (χ1v) is 10.6. The number of rotatable bonds is 4. The van der Waals surface area contributed by atoms with Crippen molar-refractivity contribution in [3.05, 3.63) is 30.1 Å². The van der Waals surface area contributed by atoms with Crippen LogP contribution >= 0.6 is 0 Å². The summed E-state index contributed by atoms with van der Waals surface area (Å²) in [5.41, 5.74) is 0.741. The third-order valence-electron chi connectivity index (χ3n) is 6.04. The van der Waals surface area contributed by atoms with Crippen LogP contribution in [0.1, 0.15) is 56.9 Å². The summed E-state index contributed by atoms with van der Waals surface area (Å²) in [7, 11) is 0. The number of carbonyl (C=O) groups is 2. The van der Waals surface area contributed by atoms with Gasteiger partial charge in [0.2, 0.25) is 0 Å². The summed E-state index contributed by atoms with van der Waals surface area (Å²) >= 11 is 0. The molecule has 2 N–H and O–H groups in total. The first kappa shape index (κ1) is 19.7. The minimum Gasteiger partial charge on any atom is -0.386 e. The van der Waals surface area contributed by atoms with E-state index in [1.54, 1.807) is 12.4 Å². The molecule has 29 heavy (non-hydrogen) atoms. The van der Waals surface area contributed by atoms with Crippen LogP contribution in [0.3, 0.4) is 0 Å². The summed E-state index contributed by atoms with van der Waals surface area (Å²) in [6, 6.07) is 4.01. The number of hydrogen-bond donors (Lipinski definition) is 2. The zero-order chi connectivity index (χ0) is 20.1. The van der Waals surface area contributed by atoms with Crippen molar-refractivity contribution >= 4 is 17.6 Å². The van der Waals surface area contributed by atoms with Gasteiger partial charge in [-0.15, -0.1) is 0 Å². The molecule has 1 saturated carbocycles. The van der Waals surface area contributed by atoms with Gasteiger partial charge in [0.05, 0.1) is 6.54 Å². The lowest BCUT2D eigenvalue weighted by Gasteiger charge is -2.39. The Labute approximate surface area is 171 Å². The van der Waals surface area contributed by atoms with E-state index in [9.17, 15) is 9.59 Å². The predicted molar refractivity (Wildman–Crippen MR) is 108 cm³/mol. The number of oxime groups is 1. The van der Waals surface area contributed by atoms with Crippen molar-refractivity contribution in [2.45, 2.75) is 69.6 Å². The molecule has 156 valence electrons. The van der Waals surface area contributed by atoms with Gasteiger partial charge >= 0.3 is 6.03 Å². The van der Waals surface area contributed by atoms with Gasteiger partial charge in [-0.3, -0.25) is 9.78 Å². The maximum atomic E-state index is 12.7. The highest BCUT2D eigenvalue weighted by molar-refractivity contribution is 6.39. The smallest absolute Gasteiger partial charge is 0.317 e. The zero-order valence-corrected chi connectivity index (χ0v) is 16.7. The predicted octanol–water partition coefficient (Wildman–Crippen LogP) is 2.35. The molecule has 1 aromatic rings. The maximum absolute atomic E-state index is 12.7. The van der Waals surface area contributed by atoms with Crippen molar-refractivity contribution in [3.63, 3.8) is 0 Å². The fourth-order valence-corrected chi connectivity index (χ4v) is 4.43. The first-order chi connectivity index (χ1) is 14.1. The van der Waals surface area contributed by atoms with Gasteiger partial charge in [-0.2, -0.15) is 0 Å². The molecule has 1 aromatic heterocycles. The maximum Gasteiger partial charge on any atom is 0.317 e. The highest BCUT2D eigenvalue weighted by Crippen LogP contribution is 2.33. The summed E-state index contributed by atoms with van der Waals surface area (Å²) in [6.45, 7) is 1.58. The van der Waals surface area contributed by atoms with Crippen LogP contribution in [0.15, 0.2) is 29.7 Å². The van der Waals surface area contributed by atoms with Gasteiger partial charge in [0.25, 0.3) is 5.91 Å². The molecule has 1 saturated heterocycles. The molecule has 0 aromatic carbocycles. The number of nitrogens with one attached hydrogen (secondary N) is 2. The van der Waals surface area contributed by atoms with E-state index in [1.165, 1.54) is 19.3 Å². The summed E-state index contributed by atoms with van der Waals surface area (Å²) in [5, 5.41) is 10.1. The van der Waals surface area contributed by atoms with Crippen LogP contribution < -0.4 is 10.6 Å². The van der Waals surface area contributed by atoms with Gasteiger partial charge in [-0.1, -0.05) is 30.5 Å². The molecule has 1 atom stereocenters. The van der Waals surface area contributed by atoms with Crippen LogP contribution in [0.2, 0.25) is 0 Å². The number of amides is 3. The summed E-state index contributed by atoms with van der Waals surface area (Å²) in [4.78, 5) is 36.8. The number of nitrogens with zero attached hydrogens (tertiary/aromatic N) is 3. The van der Waals surface area contributed by atoms with Crippen molar-refractivity contribution in [2.75, 3.05) is 13.1 Å². The average Bonchev–Trinajstić information content (AvgIpc) is 3.16. The molecule has 0 bridgehead atoms. The quantitative estimate of drug-likeness (QED) is 0.812. The number of urea groups is 1. The molecule has 1 spiro atoms. The highest BCUT2D eigenvalue weighted by Gasteiger charge is 2.45. The van der Waals surface area contributed by atoms with E-state index >= 15 is 0 Å². The van der Waals surface area contributed by atoms with Crippen molar-refractivity contribution in [2.24, 2.45) is 5.16 Å². The van der Waals surface area contributed by atoms with Crippen LogP contribution in [0.5, 0.6) is 0 Å². The standard InChI is InChI=1S/C21H29N5O3/c27-19(23-14-16-6-4-10-22-13-16)18-12-21(29-25-18)9-5-11-26(15-21)20(28)24-17-7-2-1-3-8-17/h4,6,10,13,17H,1-3,5,7-9,11-12,14-15H2,(H,23,27)(H,24,28)/t21-/m1/s1. The van der Waals surface area contributed by atoms with Crippen LogP contribution in [0.4, 0.5) is 4.79 Å². The highest BCUT2D eigenvalue weighted by atomic mass is 16.7. The Morgan fingerprint density at radius 2 is 2.10 bits per heavy atom.